The molecule has 11 nitrogen and oxygen atoms in total. The van der Waals surface area contributed by atoms with Crippen LogP contribution in [0, 0.1) is 0 Å². The Morgan fingerprint density at radius 1 is 0.459 bits per heavy atom. The van der Waals surface area contributed by atoms with Crippen molar-refractivity contribution in [3.05, 3.63) is 72.9 Å². The van der Waals surface area contributed by atoms with Crippen molar-refractivity contribution in [2.45, 2.75) is 372 Å². The molecule has 85 heavy (non-hydrogen) atoms. The molecule has 0 aromatic carbocycles. The summed E-state index contributed by atoms with van der Waals surface area (Å²) < 4.78 is 17.7. The van der Waals surface area contributed by atoms with Gasteiger partial charge < -0.3 is 45.1 Å². The van der Waals surface area contributed by atoms with Gasteiger partial charge in [0, 0.05) is 6.42 Å². The van der Waals surface area contributed by atoms with Gasteiger partial charge in [-0.05, 0) is 96.3 Å². The summed E-state index contributed by atoms with van der Waals surface area (Å²) >= 11 is 0. The lowest BCUT2D eigenvalue weighted by molar-refractivity contribution is -0.305. The Balaban J connectivity index is 2.56. The topological polar surface area (TPSA) is 175 Å². The summed E-state index contributed by atoms with van der Waals surface area (Å²) in [6.45, 7) is 5.76. The molecule has 1 heterocycles. The first-order chi connectivity index (χ1) is 41.7. The molecule has 0 aromatic rings. The minimum Gasteiger partial charge on any atom is -0.454 e. The number of aliphatic hydroxyl groups excluding tert-OH is 5. The number of hydrogen-bond donors (Lipinski definition) is 6. The van der Waals surface area contributed by atoms with Crippen LogP contribution in [0.2, 0.25) is 0 Å². The lowest BCUT2D eigenvalue weighted by Crippen LogP contribution is -2.61. The van der Waals surface area contributed by atoms with Gasteiger partial charge in [0.15, 0.2) is 12.4 Å². The minimum atomic E-state index is -1.62. The zero-order valence-corrected chi connectivity index (χ0v) is 55.0. The number of unbranched alkanes of at least 4 members (excludes halogenated alkanes) is 37. The Labute approximate surface area is 521 Å². The van der Waals surface area contributed by atoms with Gasteiger partial charge in [-0.2, -0.15) is 0 Å². The van der Waals surface area contributed by atoms with E-state index in [-0.39, 0.29) is 19.4 Å². The first-order valence-electron chi connectivity index (χ1n) is 35.7. The Hall–Kier alpha value is -2.90. The summed E-state index contributed by atoms with van der Waals surface area (Å²) in [5.74, 6) is -1.19. The van der Waals surface area contributed by atoms with Gasteiger partial charge in [0.1, 0.15) is 24.4 Å². The summed E-state index contributed by atoms with van der Waals surface area (Å²) in [4.78, 5) is 26.7. The van der Waals surface area contributed by atoms with Crippen molar-refractivity contribution >= 4 is 11.9 Å². The summed E-state index contributed by atoms with van der Waals surface area (Å²) in [5, 5.41) is 57.2. The normalized spacial score (nSPS) is 18.8. The van der Waals surface area contributed by atoms with Gasteiger partial charge in [-0.25, -0.2) is 0 Å². The van der Waals surface area contributed by atoms with Crippen molar-refractivity contribution in [3.8, 4) is 0 Å². The van der Waals surface area contributed by atoms with E-state index >= 15 is 0 Å². The number of amides is 1. The second-order valence-electron chi connectivity index (χ2n) is 24.6. The third-order valence-electron chi connectivity index (χ3n) is 16.6. The van der Waals surface area contributed by atoms with Crippen molar-refractivity contribution in [1.29, 1.82) is 0 Å². The molecule has 0 bridgehead atoms. The summed E-state index contributed by atoms with van der Waals surface area (Å²) in [6.07, 6.45) is 69.4. The predicted molar refractivity (Wildman–Crippen MR) is 356 cm³/mol. The summed E-state index contributed by atoms with van der Waals surface area (Å²) in [6, 6.07) is -1.03. The quantitative estimate of drug-likeness (QED) is 0.0195. The van der Waals surface area contributed by atoms with Crippen LogP contribution in [0.3, 0.4) is 0 Å². The number of aliphatic hydroxyl groups is 5. The number of ether oxygens (including phenoxy) is 3. The van der Waals surface area contributed by atoms with Crippen LogP contribution in [0.25, 0.3) is 0 Å². The first-order valence-corrected chi connectivity index (χ1v) is 35.7. The van der Waals surface area contributed by atoms with Gasteiger partial charge in [-0.1, -0.05) is 293 Å². The molecule has 1 rings (SSSR count). The van der Waals surface area contributed by atoms with Crippen LogP contribution >= 0.6 is 0 Å². The van der Waals surface area contributed by atoms with Gasteiger partial charge in [0.25, 0.3) is 0 Å². The largest absolute Gasteiger partial charge is 0.454 e. The number of nitrogens with one attached hydrogen (secondary N) is 1. The average molecular weight is 1200 g/mol. The van der Waals surface area contributed by atoms with E-state index in [1.165, 1.54) is 193 Å². The first kappa shape index (κ1) is 80.1. The minimum absolute atomic E-state index is 0.120. The zero-order valence-electron chi connectivity index (χ0n) is 55.0. The second-order valence-corrected chi connectivity index (χ2v) is 24.6. The molecule has 0 radical (unpaired) electrons. The number of carbonyl (C=O) groups excluding carboxylic acids is 2. The van der Waals surface area contributed by atoms with E-state index < -0.39 is 67.4 Å². The Morgan fingerprint density at radius 3 is 1.24 bits per heavy atom. The van der Waals surface area contributed by atoms with Crippen molar-refractivity contribution in [3.63, 3.8) is 0 Å². The van der Waals surface area contributed by atoms with Crippen LogP contribution in [-0.2, 0) is 23.8 Å². The Kier molecular flexibility index (Phi) is 57.8. The highest BCUT2D eigenvalue weighted by Crippen LogP contribution is 2.26. The fourth-order valence-corrected chi connectivity index (χ4v) is 10.9. The molecule has 1 aliphatic heterocycles. The second kappa shape index (κ2) is 61.3. The molecular weight excluding hydrogens is 1060 g/mol. The molecule has 1 amide bonds. The van der Waals surface area contributed by atoms with Gasteiger partial charge in [-0.3, -0.25) is 9.59 Å². The van der Waals surface area contributed by atoms with Gasteiger partial charge in [0.2, 0.25) is 5.91 Å². The van der Waals surface area contributed by atoms with Crippen LogP contribution in [-0.4, -0.2) is 99.6 Å². The number of hydrogen-bond acceptors (Lipinski definition) is 10. The predicted octanol–water partition coefficient (Wildman–Crippen LogP) is 18.3. The number of esters is 1. The van der Waals surface area contributed by atoms with Crippen molar-refractivity contribution < 1.29 is 49.3 Å². The molecule has 11 heteroatoms. The third-order valence-corrected chi connectivity index (χ3v) is 16.6. The molecule has 6 N–H and O–H groups in total. The maximum Gasteiger partial charge on any atom is 0.306 e. The molecule has 0 aliphatic carbocycles. The van der Waals surface area contributed by atoms with E-state index in [0.717, 1.165) is 83.5 Å². The van der Waals surface area contributed by atoms with Gasteiger partial charge in [-0.15, -0.1) is 0 Å². The number of rotatable bonds is 61. The monoisotopic (exact) mass is 1200 g/mol. The van der Waals surface area contributed by atoms with Crippen LogP contribution < -0.4 is 5.32 Å². The zero-order chi connectivity index (χ0) is 61.7. The highest BCUT2D eigenvalue weighted by Gasteiger charge is 2.47. The van der Waals surface area contributed by atoms with Crippen LogP contribution in [0.4, 0.5) is 0 Å². The summed E-state index contributed by atoms with van der Waals surface area (Å²) in [5.41, 5.74) is 0. The Morgan fingerprint density at radius 2 is 0.812 bits per heavy atom. The molecular formula is C74H133NO10. The van der Waals surface area contributed by atoms with Crippen LogP contribution in [0.5, 0.6) is 0 Å². The smallest absolute Gasteiger partial charge is 0.306 e. The van der Waals surface area contributed by atoms with E-state index in [1.54, 1.807) is 6.08 Å². The third kappa shape index (κ3) is 48.7. The summed E-state index contributed by atoms with van der Waals surface area (Å²) in [7, 11) is 0. The van der Waals surface area contributed by atoms with Gasteiger partial charge >= 0.3 is 5.97 Å². The van der Waals surface area contributed by atoms with Crippen LogP contribution in [0.1, 0.15) is 323 Å². The molecule has 1 saturated heterocycles. The fraction of sp³-hybridized carbons (Fsp3) is 0.811. The SMILES string of the molecule is CCCCC/C=C\C/C=C\C/C=C\CCCCCCCCCCCCCC(O)C(=O)NC(COC1OC(CO)C(O)C(O)C1OC(=O)CCCCCCCCCCCCC/C=C\C/C=C\CCCCC)C(O)/C=C/CCCCCCCCCCC. The lowest BCUT2D eigenvalue weighted by Gasteiger charge is -2.41. The number of carbonyl (C=O) groups is 2. The van der Waals surface area contributed by atoms with Crippen molar-refractivity contribution in [1.82, 2.24) is 5.32 Å². The maximum absolute atomic E-state index is 13.5. The Bertz CT molecular complexity index is 1660. The van der Waals surface area contributed by atoms with E-state index in [9.17, 15) is 35.1 Å². The van der Waals surface area contributed by atoms with E-state index in [4.69, 9.17) is 14.2 Å². The standard InChI is InChI=1S/C74H133NO10/c1-4-7-10-13-16-19-22-24-26-28-30-32-33-34-36-37-39-41-43-46-49-52-55-58-61-67(78)73(82)75-65(66(77)60-57-54-51-48-45-21-18-15-12-9-6-3)64-83-74-72(71(81)70(80)68(63-76)84-74)85-69(79)62-59-56-53-50-47-44-42-40-38-35-31-29-27-25-23-20-17-14-11-8-5-2/h16-17,19-20,24-27,30,32,57,60,65-68,70-72,74,76-78,80-81H,4-15,18,21-23,28-29,31,33-56,58-59,61-64H2,1-3H3,(H,75,82)/b19-16-,20-17-,26-24-,27-25-,32-30-,60-57+. The molecule has 494 valence electrons. The van der Waals surface area contributed by atoms with E-state index in [1.807, 2.05) is 6.08 Å². The van der Waals surface area contributed by atoms with Crippen molar-refractivity contribution in [2.75, 3.05) is 13.2 Å². The molecule has 8 unspecified atom stereocenters. The fourth-order valence-electron chi connectivity index (χ4n) is 10.9. The van der Waals surface area contributed by atoms with E-state index in [0.29, 0.717) is 12.8 Å². The molecule has 0 saturated carbocycles. The van der Waals surface area contributed by atoms with Crippen molar-refractivity contribution in [2.24, 2.45) is 0 Å². The average Bonchev–Trinajstić information content (AvgIpc) is 3.69. The molecule has 1 aliphatic rings. The van der Waals surface area contributed by atoms with Crippen LogP contribution in [0.15, 0.2) is 72.9 Å². The van der Waals surface area contributed by atoms with Gasteiger partial charge in [0.05, 0.1) is 25.4 Å². The highest BCUT2D eigenvalue weighted by molar-refractivity contribution is 5.80. The number of allylic oxidation sites excluding steroid dienone is 11. The maximum atomic E-state index is 13.5. The molecule has 0 aromatic heterocycles. The lowest BCUT2D eigenvalue weighted by atomic mass is 9.99. The molecule has 1 fully saturated rings. The molecule has 0 spiro atoms. The highest BCUT2D eigenvalue weighted by atomic mass is 16.7. The van der Waals surface area contributed by atoms with E-state index in [2.05, 4.69) is 86.8 Å². The molecule has 8 atom stereocenters.